The molecule has 0 radical (unpaired) electrons. The summed E-state index contributed by atoms with van der Waals surface area (Å²) in [6.07, 6.45) is 5.32. The lowest BCUT2D eigenvalue weighted by Crippen LogP contribution is -2.54. The summed E-state index contributed by atoms with van der Waals surface area (Å²) in [4.78, 5) is 46.6. The maximum atomic E-state index is 14.2. The molecule has 35 heavy (non-hydrogen) atoms. The zero-order chi connectivity index (χ0) is 25.2. The lowest BCUT2D eigenvalue weighted by molar-refractivity contribution is -0.144. The van der Waals surface area contributed by atoms with Crippen LogP contribution in [0.25, 0.3) is 0 Å². The lowest BCUT2D eigenvalue weighted by Gasteiger charge is -2.37. The van der Waals surface area contributed by atoms with E-state index in [1.54, 1.807) is 45.7 Å². The number of fused-ring (bicyclic) bond motifs is 1. The third-order valence-corrected chi connectivity index (χ3v) is 9.48. The smallest absolute Gasteiger partial charge is 0.247 e. The Morgan fingerprint density at radius 2 is 1.91 bits per heavy atom. The van der Waals surface area contributed by atoms with Gasteiger partial charge in [0, 0.05) is 45.1 Å². The van der Waals surface area contributed by atoms with Crippen molar-refractivity contribution in [2.75, 3.05) is 33.3 Å². The molecule has 3 aliphatic rings. The highest BCUT2D eigenvalue weighted by Crippen LogP contribution is 2.66. The summed E-state index contributed by atoms with van der Waals surface area (Å²) in [6.45, 7) is 9.02. The number of carbonyl (C=O) groups excluding carboxylic acids is 3. The Balaban J connectivity index is 1.70. The molecule has 3 saturated heterocycles. The van der Waals surface area contributed by atoms with Gasteiger partial charge in [-0.3, -0.25) is 14.4 Å². The average molecular weight is 498 g/mol. The van der Waals surface area contributed by atoms with Gasteiger partial charge in [-0.2, -0.15) is 0 Å². The standard InChI is InChI=1S/C27H35N3O4S/c1-4-14-28(3)24(32)21-20-12-13-27(35-20)22(21)25(33)30(16-9-17-31)23(27)26(34)29(15-5-2)18-19-10-7-6-8-11-19/h4-8,10-11,20-23,31H,1-2,9,12-18H2,3H3/t20-,21+,22-,23?,27?/m0/s1. The quantitative estimate of drug-likeness (QED) is 0.475. The van der Waals surface area contributed by atoms with Gasteiger partial charge in [0.1, 0.15) is 6.04 Å². The molecule has 1 aromatic carbocycles. The minimum Gasteiger partial charge on any atom is -0.396 e. The number of nitrogens with zero attached hydrogens (tertiary/aromatic N) is 3. The summed E-state index contributed by atoms with van der Waals surface area (Å²) in [5.74, 6) is -1.26. The molecule has 0 aliphatic carbocycles. The molecule has 0 saturated carbocycles. The van der Waals surface area contributed by atoms with E-state index in [1.165, 1.54) is 0 Å². The highest BCUT2D eigenvalue weighted by molar-refractivity contribution is 8.02. The van der Waals surface area contributed by atoms with E-state index in [1.807, 2.05) is 30.3 Å². The number of likely N-dealkylation sites (N-methyl/N-ethyl adjacent to an activating group) is 1. The molecule has 0 aromatic heterocycles. The molecule has 3 fully saturated rings. The molecule has 4 rings (SSSR count). The van der Waals surface area contributed by atoms with Crippen molar-refractivity contribution in [2.24, 2.45) is 11.8 Å². The van der Waals surface area contributed by atoms with Crippen molar-refractivity contribution in [2.45, 2.75) is 41.8 Å². The van der Waals surface area contributed by atoms with Crippen molar-refractivity contribution in [1.29, 1.82) is 0 Å². The molecule has 3 heterocycles. The minimum atomic E-state index is -0.660. The largest absolute Gasteiger partial charge is 0.396 e. The highest BCUT2D eigenvalue weighted by Gasteiger charge is 2.73. The first kappa shape index (κ1) is 25.5. The first-order chi connectivity index (χ1) is 16.9. The number of hydrogen-bond donors (Lipinski definition) is 1. The Morgan fingerprint density at radius 3 is 2.57 bits per heavy atom. The number of likely N-dealkylation sites (tertiary alicyclic amines) is 1. The molecule has 188 valence electrons. The Hall–Kier alpha value is -2.58. The third-order valence-electron chi connectivity index (χ3n) is 7.53. The second-order valence-electron chi connectivity index (χ2n) is 9.67. The van der Waals surface area contributed by atoms with Crippen LogP contribution in [0.5, 0.6) is 0 Å². The number of hydrogen-bond acceptors (Lipinski definition) is 5. The number of amides is 3. The summed E-state index contributed by atoms with van der Waals surface area (Å²) in [6, 6.07) is 9.12. The van der Waals surface area contributed by atoms with Gasteiger partial charge >= 0.3 is 0 Å². The molecule has 1 aromatic rings. The predicted molar refractivity (Wildman–Crippen MR) is 137 cm³/mol. The number of rotatable bonds is 11. The van der Waals surface area contributed by atoms with Gasteiger partial charge in [0.25, 0.3) is 0 Å². The van der Waals surface area contributed by atoms with Gasteiger partial charge in [-0.15, -0.1) is 24.9 Å². The van der Waals surface area contributed by atoms with Crippen LogP contribution in [0.1, 0.15) is 24.8 Å². The molecular weight excluding hydrogens is 462 g/mol. The van der Waals surface area contributed by atoms with E-state index in [0.717, 1.165) is 18.4 Å². The second-order valence-corrected chi connectivity index (χ2v) is 11.3. The summed E-state index contributed by atoms with van der Waals surface area (Å²) in [7, 11) is 1.74. The van der Waals surface area contributed by atoms with Crippen molar-refractivity contribution < 1.29 is 19.5 Å². The third kappa shape index (κ3) is 4.42. The zero-order valence-electron chi connectivity index (χ0n) is 20.3. The van der Waals surface area contributed by atoms with Gasteiger partial charge in [0.05, 0.1) is 16.6 Å². The topological polar surface area (TPSA) is 81.2 Å². The first-order valence-electron chi connectivity index (χ1n) is 12.3. The van der Waals surface area contributed by atoms with E-state index < -0.39 is 22.6 Å². The van der Waals surface area contributed by atoms with Crippen LogP contribution in [-0.4, -0.2) is 86.9 Å². The molecule has 5 atom stereocenters. The predicted octanol–water partition coefficient (Wildman–Crippen LogP) is 2.32. The molecule has 7 nitrogen and oxygen atoms in total. The fraction of sp³-hybridized carbons (Fsp3) is 0.519. The Labute approximate surface area is 211 Å². The fourth-order valence-electron chi connectivity index (χ4n) is 6.10. The molecule has 1 spiro atoms. The highest BCUT2D eigenvalue weighted by atomic mass is 32.2. The van der Waals surface area contributed by atoms with Crippen molar-refractivity contribution in [1.82, 2.24) is 14.7 Å². The van der Waals surface area contributed by atoms with Gasteiger partial charge < -0.3 is 19.8 Å². The minimum absolute atomic E-state index is 0.0287. The Bertz CT molecular complexity index is 986. The second kappa shape index (κ2) is 10.6. The number of aliphatic hydroxyl groups is 1. The van der Waals surface area contributed by atoms with Crippen LogP contribution in [0.3, 0.4) is 0 Å². The van der Waals surface area contributed by atoms with Gasteiger partial charge in [0.15, 0.2) is 0 Å². The van der Waals surface area contributed by atoms with Crippen LogP contribution in [-0.2, 0) is 20.9 Å². The monoisotopic (exact) mass is 497 g/mol. The van der Waals surface area contributed by atoms with Crippen molar-refractivity contribution in [3.8, 4) is 0 Å². The Kier molecular flexibility index (Phi) is 7.71. The van der Waals surface area contributed by atoms with E-state index in [-0.39, 0.29) is 29.6 Å². The first-order valence-corrected chi connectivity index (χ1v) is 13.2. The number of benzene rings is 1. The summed E-state index contributed by atoms with van der Waals surface area (Å²) >= 11 is 1.67. The Morgan fingerprint density at radius 1 is 1.20 bits per heavy atom. The van der Waals surface area contributed by atoms with Crippen molar-refractivity contribution >= 4 is 29.5 Å². The summed E-state index contributed by atoms with van der Waals surface area (Å²) < 4.78 is -0.625. The molecule has 3 amide bonds. The van der Waals surface area contributed by atoms with E-state index >= 15 is 0 Å². The maximum Gasteiger partial charge on any atom is 0.247 e. The molecule has 3 aliphatic heterocycles. The number of thioether (sulfide) groups is 1. The van der Waals surface area contributed by atoms with Crippen LogP contribution in [0.2, 0.25) is 0 Å². The van der Waals surface area contributed by atoms with Crippen LogP contribution in [0.15, 0.2) is 55.6 Å². The average Bonchev–Trinajstić information content (AvgIpc) is 3.50. The van der Waals surface area contributed by atoms with Crippen LogP contribution < -0.4 is 0 Å². The number of carbonyl (C=O) groups is 3. The molecule has 2 bridgehead atoms. The van der Waals surface area contributed by atoms with Gasteiger partial charge in [-0.25, -0.2) is 0 Å². The zero-order valence-corrected chi connectivity index (χ0v) is 21.2. The van der Waals surface area contributed by atoms with E-state index in [0.29, 0.717) is 32.6 Å². The normalized spacial score (nSPS) is 28.6. The van der Waals surface area contributed by atoms with E-state index in [2.05, 4.69) is 13.2 Å². The molecule has 8 heteroatoms. The van der Waals surface area contributed by atoms with Crippen molar-refractivity contribution in [3.05, 3.63) is 61.2 Å². The fourth-order valence-corrected chi connectivity index (χ4v) is 8.30. The van der Waals surface area contributed by atoms with E-state index in [4.69, 9.17) is 0 Å². The molecule has 2 unspecified atom stereocenters. The van der Waals surface area contributed by atoms with E-state index in [9.17, 15) is 19.5 Å². The van der Waals surface area contributed by atoms with Gasteiger partial charge in [0.2, 0.25) is 17.7 Å². The lowest BCUT2D eigenvalue weighted by atomic mass is 9.70. The van der Waals surface area contributed by atoms with Gasteiger partial charge in [-0.1, -0.05) is 42.5 Å². The molecular formula is C27H35N3O4S. The van der Waals surface area contributed by atoms with Crippen LogP contribution >= 0.6 is 11.8 Å². The number of aliphatic hydroxyl groups excluding tert-OH is 1. The van der Waals surface area contributed by atoms with Crippen molar-refractivity contribution in [3.63, 3.8) is 0 Å². The SMILES string of the molecule is C=CCN(C)C(=O)[C@@H]1[C@@H]2CCC3(S2)C(C(=O)N(CC=C)Cc2ccccc2)N(CCCO)C(=O)[C@H]13. The molecule has 1 N–H and O–H groups in total. The van der Waals surface area contributed by atoms with Gasteiger partial charge in [-0.05, 0) is 24.8 Å². The summed E-state index contributed by atoms with van der Waals surface area (Å²) in [5.41, 5.74) is 1.01. The summed E-state index contributed by atoms with van der Waals surface area (Å²) in [5, 5.41) is 9.54. The van der Waals surface area contributed by atoms with Crippen LogP contribution in [0.4, 0.5) is 0 Å². The van der Waals surface area contributed by atoms with Crippen LogP contribution in [0, 0.1) is 11.8 Å². The maximum absolute atomic E-state index is 14.2.